The average Bonchev–Trinajstić information content (AvgIpc) is 3.08. The molecule has 0 aliphatic heterocycles. The molecule has 0 aliphatic rings. The highest BCUT2D eigenvalue weighted by atomic mass is 32.1. The van der Waals surface area contributed by atoms with Crippen LogP contribution in [0.15, 0.2) is 29.6 Å². The van der Waals surface area contributed by atoms with Crippen molar-refractivity contribution in [2.24, 2.45) is 5.92 Å². The monoisotopic (exact) mass is 322 g/mol. The molecule has 0 saturated carbocycles. The molecule has 0 atom stereocenters. The van der Waals surface area contributed by atoms with E-state index in [9.17, 15) is 0 Å². The van der Waals surface area contributed by atoms with Crippen LogP contribution >= 0.6 is 22.7 Å². The Balaban J connectivity index is 1.71. The summed E-state index contributed by atoms with van der Waals surface area (Å²) in [7, 11) is 2.21. The Kier molecular flexibility index (Phi) is 6.90. The predicted octanol–water partition coefficient (Wildman–Crippen LogP) is 4.23. The van der Waals surface area contributed by atoms with Crippen molar-refractivity contribution in [3.8, 4) is 0 Å². The first-order chi connectivity index (χ1) is 10.1. The average molecular weight is 323 g/mol. The number of hydrogen-bond donors (Lipinski definition) is 1. The van der Waals surface area contributed by atoms with E-state index in [1.54, 1.807) is 0 Å². The smallest absolute Gasteiger partial charge is 0.0325 e. The van der Waals surface area contributed by atoms with Crippen molar-refractivity contribution in [1.82, 2.24) is 10.2 Å². The van der Waals surface area contributed by atoms with Gasteiger partial charge in [0.2, 0.25) is 0 Å². The molecule has 0 bridgehead atoms. The molecule has 0 saturated heterocycles. The van der Waals surface area contributed by atoms with E-state index in [0.717, 1.165) is 32.6 Å². The van der Waals surface area contributed by atoms with E-state index in [4.69, 9.17) is 0 Å². The lowest BCUT2D eigenvalue weighted by Crippen LogP contribution is -2.19. The molecule has 2 rings (SSSR count). The molecule has 2 nitrogen and oxygen atoms in total. The number of hydrogen-bond acceptors (Lipinski definition) is 4. The largest absolute Gasteiger partial charge is 0.312 e. The molecule has 0 radical (unpaired) electrons. The highest BCUT2D eigenvalue weighted by Gasteiger charge is 2.05. The summed E-state index contributed by atoms with van der Waals surface area (Å²) in [6.45, 7) is 8.76. The Morgan fingerprint density at radius 2 is 1.95 bits per heavy atom. The third-order valence-electron chi connectivity index (χ3n) is 3.31. The predicted molar refractivity (Wildman–Crippen MR) is 95.2 cm³/mol. The summed E-state index contributed by atoms with van der Waals surface area (Å²) in [4.78, 5) is 6.80. The van der Waals surface area contributed by atoms with E-state index in [1.807, 2.05) is 22.7 Å². The molecule has 0 aliphatic carbocycles. The lowest BCUT2D eigenvalue weighted by molar-refractivity contribution is 0.335. The zero-order valence-corrected chi connectivity index (χ0v) is 14.9. The van der Waals surface area contributed by atoms with E-state index in [-0.39, 0.29) is 0 Å². The van der Waals surface area contributed by atoms with Crippen molar-refractivity contribution < 1.29 is 0 Å². The second kappa shape index (κ2) is 8.69. The molecular weight excluding hydrogens is 296 g/mol. The minimum absolute atomic E-state index is 0.716. The van der Waals surface area contributed by atoms with Gasteiger partial charge in [-0.2, -0.15) is 0 Å². The van der Waals surface area contributed by atoms with Gasteiger partial charge in [0.1, 0.15) is 0 Å². The summed E-state index contributed by atoms with van der Waals surface area (Å²) in [5.74, 6) is 0.716. The molecule has 0 unspecified atom stereocenters. The molecule has 21 heavy (non-hydrogen) atoms. The first-order valence-electron chi connectivity index (χ1n) is 7.62. The molecule has 116 valence electrons. The van der Waals surface area contributed by atoms with Gasteiger partial charge in [-0.15, -0.1) is 22.7 Å². The summed E-state index contributed by atoms with van der Waals surface area (Å²) >= 11 is 3.79. The maximum atomic E-state index is 3.51. The van der Waals surface area contributed by atoms with Crippen LogP contribution in [0.4, 0.5) is 0 Å². The topological polar surface area (TPSA) is 15.3 Å². The fraction of sp³-hybridized carbons (Fsp3) is 0.529. The van der Waals surface area contributed by atoms with Crippen LogP contribution in [0.1, 0.15) is 28.5 Å². The number of likely N-dealkylation sites (N-methyl/N-ethyl adjacent to an activating group) is 1. The molecule has 4 heteroatoms. The second-order valence-corrected chi connectivity index (χ2v) is 8.25. The minimum Gasteiger partial charge on any atom is -0.312 e. The van der Waals surface area contributed by atoms with Crippen molar-refractivity contribution in [2.75, 3.05) is 20.1 Å². The fourth-order valence-corrected chi connectivity index (χ4v) is 3.95. The van der Waals surface area contributed by atoms with Crippen LogP contribution in [0.3, 0.4) is 0 Å². The molecule has 1 N–H and O–H groups in total. The summed E-state index contributed by atoms with van der Waals surface area (Å²) in [5.41, 5.74) is 0. The Morgan fingerprint density at radius 3 is 2.67 bits per heavy atom. The number of rotatable bonds is 9. The van der Waals surface area contributed by atoms with Gasteiger partial charge in [-0.3, -0.25) is 0 Å². The van der Waals surface area contributed by atoms with E-state index in [0.29, 0.717) is 5.92 Å². The SMILES string of the molecule is CC(C)CNCc1ccc(CN(C)CCc2cccs2)s1. The Morgan fingerprint density at radius 1 is 1.14 bits per heavy atom. The minimum atomic E-state index is 0.716. The molecule has 2 heterocycles. The normalized spacial score (nSPS) is 11.7. The Bertz CT molecular complexity index is 503. The maximum Gasteiger partial charge on any atom is 0.0325 e. The van der Waals surface area contributed by atoms with Gasteiger partial charge < -0.3 is 10.2 Å². The fourth-order valence-electron chi connectivity index (χ4n) is 2.19. The highest BCUT2D eigenvalue weighted by Crippen LogP contribution is 2.18. The van der Waals surface area contributed by atoms with Gasteiger partial charge in [-0.1, -0.05) is 19.9 Å². The number of nitrogens with one attached hydrogen (secondary N) is 1. The molecule has 2 aromatic rings. The maximum absolute atomic E-state index is 3.51. The van der Waals surface area contributed by atoms with Crippen LogP contribution in [-0.2, 0) is 19.5 Å². The summed E-state index contributed by atoms with van der Waals surface area (Å²) < 4.78 is 0. The van der Waals surface area contributed by atoms with Crippen LogP contribution in [0, 0.1) is 5.92 Å². The third-order valence-corrected chi connectivity index (χ3v) is 5.32. The lowest BCUT2D eigenvalue weighted by Gasteiger charge is -2.14. The van der Waals surface area contributed by atoms with Gasteiger partial charge in [-0.25, -0.2) is 0 Å². The first kappa shape index (κ1) is 16.7. The van der Waals surface area contributed by atoms with Crippen molar-refractivity contribution in [3.63, 3.8) is 0 Å². The van der Waals surface area contributed by atoms with Crippen molar-refractivity contribution in [3.05, 3.63) is 44.3 Å². The van der Waals surface area contributed by atoms with Gasteiger partial charge in [0.15, 0.2) is 0 Å². The van der Waals surface area contributed by atoms with E-state index < -0.39 is 0 Å². The summed E-state index contributed by atoms with van der Waals surface area (Å²) in [5, 5.41) is 5.67. The van der Waals surface area contributed by atoms with Crippen LogP contribution < -0.4 is 5.32 Å². The molecule has 0 aromatic carbocycles. The highest BCUT2D eigenvalue weighted by molar-refractivity contribution is 7.12. The molecule has 2 aromatic heterocycles. The van der Waals surface area contributed by atoms with Gasteiger partial charge in [0.25, 0.3) is 0 Å². The first-order valence-corrected chi connectivity index (χ1v) is 9.32. The Hall–Kier alpha value is -0.680. The van der Waals surface area contributed by atoms with E-state index >= 15 is 0 Å². The van der Waals surface area contributed by atoms with Crippen LogP contribution in [-0.4, -0.2) is 25.0 Å². The van der Waals surface area contributed by atoms with E-state index in [1.165, 1.54) is 14.6 Å². The zero-order valence-electron chi connectivity index (χ0n) is 13.3. The van der Waals surface area contributed by atoms with Crippen LogP contribution in [0.25, 0.3) is 0 Å². The quantitative estimate of drug-likeness (QED) is 0.743. The van der Waals surface area contributed by atoms with Crippen molar-refractivity contribution in [2.45, 2.75) is 33.4 Å². The van der Waals surface area contributed by atoms with Gasteiger partial charge in [-0.05, 0) is 49.5 Å². The summed E-state index contributed by atoms with van der Waals surface area (Å²) in [6.07, 6.45) is 1.16. The van der Waals surface area contributed by atoms with Gasteiger partial charge in [0.05, 0.1) is 0 Å². The number of nitrogens with zero attached hydrogens (tertiary/aromatic N) is 1. The number of thiophene rings is 2. The molecule has 0 amide bonds. The standard InChI is InChI=1S/C17H26N2S2/c1-14(2)11-18-12-16-6-7-17(21-16)13-19(3)9-8-15-5-4-10-20-15/h4-7,10,14,18H,8-9,11-13H2,1-3H3. The summed E-state index contributed by atoms with van der Waals surface area (Å²) in [6, 6.07) is 8.90. The third kappa shape index (κ3) is 6.30. The van der Waals surface area contributed by atoms with Crippen molar-refractivity contribution >= 4 is 22.7 Å². The lowest BCUT2D eigenvalue weighted by atomic mass is 10.2. The van der Waals surface area contributed by atoms with Crippen LogP contribution in [0.2, 0.25) is 0 Å². The van der Waals surface area contributed by atoms with Crippen molar-refractivity contribution in [1.29, 1.82) is 0 Å². The van der Waals surface area contributed by atoms with Gasteiger partial charge in [0, 0.05) is 34.3 Å². The zero-order chi connectivity index (χ0) is 15.1. The molecule has 0 spiro atoms. The molecular formula is C17H26N2S2. The van der Waals surface area contributed by atoms with E-state index in [2.05, 4.69) is 60.8 Å². The van der Waals surface area contributed by atoms with Gasteiger partial charge >= 0.3 is 0 Å². The molecule has 0 fully saturated rings. The Labute approximate surface area is 136 Å². The van der Waals surface area contributed by atoms with Crippen LogP contribution in [0.5, 0.6) is 0 Å². The second-order valence-electron chi connectivity index (χ2n) is 5.96.